The first-order valence-electron chi connectivity index (χ1n) is 7.13. The van der Waals surface area contributed by atoms with Gasteiger partial charge in [-0.25, -0.2) is 4.79 Å². The first-order valence-corrected chi connectivity index (χ1v) is 9.06. The molecule has 0 aromatic rings. The summed E-state index contributed by atoms with van der Waals surface area (Å²) < 4.78 is 22.6. The summed E-state index contributed by atoms with van der Waals surface area (Å²) in [4.78, 5) is 11.3. The lowest BCUT2D eigenvalue weighted by molar-refractivity contribution is -0.194. The molecule has 0 radical (unpaired) electrons. The van der Waals surface area contributed by atoms with Crippen LogP contribution in [-0.4, -0.2) is 46.0 Å². The Labute approximate surface area is 129 Å². The molecule has 126 valence electrons. The van der Waals surface area contributed by atoms with Crippen LogP contribution in [0.25, 0.3) is 0 Å². The molecule has 0 saturated heterocycles. The van der Waals surface area contributed by atoms with E-state index in [1.54, 1.807) is 13.8 Å². The monoisotopic (exact) mass is 322 g/mol. The number of carbonyl (C=O) groups is 1. The van der Waals surface area contributed by atoms with Crippen LogP contribution in [0.1, 0.15) is 41.0 Å². The van der Waals surface area contributed by atoms with Crippen LogP contribution in [0.4, 0.5) is 0 Å². The van der Waals surface area contributed by atoms with Crippen LogP contribution in [0.2, 0.25) is 6.04 Å². The van der Waals surface area contributed by atoms with Gasteiger partial charge in [-0.3, -0.25) is 0 Å². The van der Waals surface area contributed by atoms with Crippen molar-refractivity contribution in [3.8, 4) is 0 Å². The summed E-state index contributed by atoms with van der Waals surface area (Å²) in [6.45, 7) is 13.5. The Balaban J connectivity index is 0. The van der Waals surface area contributed by atoms with Crippen LogP contribution < -0.4 is 0 Å². The van der Waals surface area contributed by atoms with E-state index < -0.39 is 20.6 Å². The van der Waals surface area contributed by atoms with Crippen molar-refractivity contribution in [3.05, 3.63) is 12.7 Å². The van der Waals surface area contributed by atoms with Crippen molar-refractivity contribution >= 4 is 14.8 Å². The second-order valence-electron chi connectivity index (χ2n) is 4.43. The van der Waals surface area contributed by atoms with Crippen LogP contribution in [0.15, 0.2) is 12.7 Å². The molecule has 21 heavy (non-hydrogen) atoms. The summed E-state index contributed by atoms with van der Waals surface area (Å²) in [5, 5.41) is 7.00. The van der Waals surface area contributed by atoms with E-state index in [1.165, 1.54) is 0 Å². The van der Waals surface area contributed by atoms with Gasteiger partial charge in [-0.15, -0.1) is 0 Å². The minimum absolute atomic E-state index is 0.498. The van der Waals surface area contributed by atoms with E-state index in [0.29, 0.717) is 19.3 Å². The van der Waals surface area contributed by atoms with Crippen molar-refractivity contribution in [2.45, 2.75) is 52.9 Å². The third kappa shape index (κ3) is 9.75. The summed E-state index contributed by atoms with van der Waals surface area (Å²) in [7, 11) is -1.82. The fourth-order valence-corrected chi connectivity index (χ4v) is 4.60. The molecule has 0 unspecified atom stereocenters. The fourth-order valence-electron chi connectivity index (χ4n) is 1.72. The molecule has 7 heteroatoms. The summed E-state index contributed by atoms with van der Waals surface area (Å²) >= 11 is 0. The summed E-state index contributed by atoms with van der Waals surface area (Å²) in [5.74, 6) is -1.63. The quantitative estimate of drug-likeness (QED) is 0.288. The normalized spacial score (nSPS) is 11.4. The van der Waals surface area contributed by atoms with Gasteiger partial charge in [-0.1, -0.05) is 19.9 Å². The maximum atomic E-state index is 11.3. The summed E-state index contributed by atoms with van der Waals surface area (Å²) in [5.41, 5.74) is 0. The third-order valence-electron chi connectivity index (χ3n) is 2.20. The highest BCUT2D eigenvalue weighted by Crippen LogP contribution is 2.25. The molecule has 0 aromatic carbocycles. The minimum Gasteiger partial charge on any atom is -0.431 e. The number of hydrogen-bond donors (Lipinski definition) is 1. The Kier molecular flexibility index (Phi) is 12.8. The van der Waals surface area contributed by atoms with Crippen molar-refractivity contribution in [1.29, 1.82) is 0 Å². The van der Waals surface area contributed by atoms with Crippen molar-refractivity contribution in [3.63, 3.8) is 0 Å². The molecule has 0 saturated carbocycles. The van der Waals surface area contributed by atoms with Crippen molar-refractivity contribution in [2.24, 2.45) is 0 Å². The molecule has 0 amide bonds. The topological polar surface area (TPSA) is 74.2 Å². The predicted molar refractivity (Wildman–Crippen MR) is 83.7 cm³/mol. The number of hydrogen-bond acceptors (Lipinski definition) is 6. The average Bonchev–Trinajstić information content (AvgIpc) is 2.40. The van der Waals surface area contributed by atoms with Crippen LogP contribution in [0.5, 0.6) is 0 Å². The van der Waals surface area contributed by atoms with Crippen molar-refractivity contribution in [2.75, 3.05) is 20.3 Å². The van der Waals surface area contributed by atoms with E-state index >= 15 is 0 Å². The lowest BCUT2D eigenvalue weighted by Crippen LogP contribution is -2.52. The predicted octanol–water partition coefficient (Wildman–Crippen LogP) is 2.50. The van der Waals surface area contributed by atoms with Gasteiger partial charge in [0.2, 0.25) is 5.79 Å². The summed E-state index contributed by atoms with van der Waals surface area (Å²) in [6.07, 6.45) is 1.98. The van der Waals surface area contributed by atoms with Crippen LogP contribution in [-0.2, 0) is 22.8 Å². The zero-order valence-electron chi connectivity index (χ0n) is 14.1. The second kappa shape index (κ2) is 11.9. The number of aliphatic hydroxyl groups excluding tert-OH is 1. The average molecular weight is 322 g/mol. The Morgan fingerprint density at radius 3 is 2.00 bits per heavy atom. The van der Waals surface area contributed by atoms with Crippen LogP contribution in [0.3, 0.4) is 0 Å². The van der Waals surface area contributed by atoms with Gasteiger partial charge in [0.15, 0.2) is 0 Å². The SMILES string of the molecule is C=CC(=O)OC(C)(C)O[Si](CCC)(OCC)OCC.CO. The third-order valence-corrected chi connectivity index (χ3v) is 5.57. The highest BCUT2D eigenvalue weighted by atomic mass is 28.4. The summed E-state index contributed by atoms with van der Waals surface area (Å²) in [6, 6.07) is 0.684. The maximum absolute atomic E-state index is 11.3. The Bertz CT molecular complexity index is 276. The molecule has 0 atom stereocenters. The fraction of sp³-hybridized carbons (Fsp3) is 0.786. The zero-order chi connectivity index (χ0) is 16.9. The van der Waals surface area contributed by atoms with Crippen LogP contribution >= 0.6 is 0 Å². The zero-order valence-corrected chi connectivity index (χ0v) is 15.1. The van der Waals surface area contributed by atoms with E-state index in [9.17, 15) is 4.79 Å². The van der Waals surface area contributed by atoms with E-state index in [4.69, 9.17) is 23.1 Å². The molecule has 6 nitrogen and oxygen atoms in total. The minimum atomic E-state index is -2.82. The van der Waals surface area contributed by atoms with Gasteiger partial charge in [-0.2, -0.15) is 0 Å². The lowest BCUT2D eigenvalue weighted by Gasteiger charge is -2.36. The highest BCUT2D eigenvalue weighted by Gasteiger charge is 2.45. The molecule has 0 fully saturated rings. The van der Waals surface area contributed by atoms with Crippen molar-refractivity contribution < 1.29 is 27.9 Å². The Morgan fingerprint density at radius 1 is 1.19 bits per heavy atom. The molecular formula is C14H30O6Si. The molecular weight excluding hydrogens is 292 g/mol. The molecule has 0 rings (SSSR count). The standard InChI is InChI=1S/C13H26O5Si.CH4O/c1-7-11-19(15-9-3,16-10-4)18-13(5,6)17-12(14)8-2;1-2/h8H,2,7,9-11H2,1,3-6H3;2H,1H3. The molecule has 0 bridgehead atoms. The number of esters is 1. The first-order chi connectivity index (χ1) is 9.84. The molecule has 0 spiro atoms. The largest absolute Gasteiger partial charge is 0.503 e. The van der Waals surface area contributed by atoms with Gasteiger partial charge in [-0.05, 0) is 13.8 Å². The number of carbonyl (C=O) groups excluding carboxylic acids is 1. The highest BCUT2D eigenvalue weighted by molar-refractivity contribution is 6.60. The van der Waals surface area contributed by atoms with E-state index in [0.717, 1.165) is 19.6 Å². The number of ether oxygens (including phenoxy) is 1. The van der Waals surface area contributed by atoms with Gasteiger partial charge in [0, 0.05) is 46.3 Å². The molecule has 0 aliphatic rings. The number of rotatable bonds is 10. The molecule has 0 heterocycles. The molecule has 0 aliphatic carbocycles. The Hall–Kier alpha value is -0.733. The van der Waals surface area contributed by atoms with Gasteiger partial charge in [0.25, 0.3) is 0 Å². The maximum Gasteiger partial charge on any atom is 0.503 e. The van der Waals surface area contributed by atoms with Crippen molar-refractivity contribution in [1.82, 2.24) is 0 Å². The van der Waals surface area contributed by atoms with Crippen LogP contribution in [0, 0.1) is 0 Å². The van der Waals surface area contributed by atoms with Gasteiger partial charge < -0.3 is 23.1 Å². The smallest absolute Gasteiger partial charge is 0.431 e. The second-order valence-corrected chi connectivity index (χ2v) is 7.07. The van der Waals surface area contributed by atoms with E-state index in [1.807, 2.05) is 20.8 Å². The Morgan fingerprint density at radius 2 is 1.67 bits per heavy atom. The lowest BCUT2D eigenvalue weighted by atomic mass is 10.4. The number of aliphatic hydroxyl groups is 1. The van der Waals surface area contributed by atoms with Gasteiger partial charge in [0.1, 0.15) is 0 Å². The first kappa shape index (κ1) is 22.5. The van der Waals surface area contributed by atoms with Gasteiger partial charge >= 0.3 is 14.8 Å². The van der Waals surface area contributed by atoms with E-state index in [-0.39, 0.29) is 0 Å². The van der Waals surface area contributed by atoms with E-state index in [2.05, 4.69) is 6.58 Å². The van der Waals surface area contributed by atoms with Gasteiger partial charge in [0.05, 0.1) is 0 Å². The molecule has 1 N–H and O–H groups in total. The molecule has 0 aromatic heterocycles. The molecule has 0 aliphatic heterocycles.